The molecule has 0 atom stereocenters. The standard InChI is InChI=1S/C14H27NO/c1-15-13-11-9-7-5-3-2-4-6-8-10-12-14(15)16/h2-13H2,1H3. The van der Waals surface area contributed by atoms with Crippen molar-refractivity contribution in [2.24, 2.45) is 0 Å². The molecular formula is C14H27NO. The second-order valence-electron chi connectivity index (χ2n) is 5.10. The van der Waals surface area contributed by atoms with Gasteiger partial charge in [0.1, 0.15) is 0 Å². The summed E-state index contributed by atoms with van der Waals surface area (Å²) < 4.78 is 0. The molecule has 94 valence electrons. The molecule has 0 aliphatic carbocycles. The van der Waals surface area contributed by atoms with Crippen LogP contribution in [0.3, 0.4) is 0 Å². The topological polar surface area (TPSA) is 20.3 Å². The number of hydrogen-bond donors (Lipinski definition) is 0. The summed E-state index contributed by atoms with van der Waals surface area (Å²) in [5.41, 5.74) is 0. The Hall–Kier alpha value is -0.530. The summed E-state index contributed by atoms with van der Waals surface area (Å²) in [6.07, 6.45) is 13.8. The second-order valence-corrected chi connectivity index (χ2v) is 5.10. The number of hydrogen-bond acceptors (Lipinski definition) is 1. The third kappa shape index (κ3) is 6.14. The van der Waals surface area contributed by atoms with Crippen LogP contribution in [0, 0.1) is 0 Å². The fraction of sp³-hybridized carbons (Fsp3) is 0.929. The minimum absolute atomic E-state index is 0.344. The lowest BCUT2D eigenvalue weighted by Gasteiger charge is -2.17. The number of carbonyl (C=O) groups is 1. The molecule has 2 nitrogen and oxygen atoms in total. The molecule has 1 saturated heterocycles. The Balaban J connectivity index is 2.24. The van der Waals surface area contributed by atoms with Crippen molar-refractivity contribution in [1.82, 2.24) is 4.90 Å². The monoisotopic (exact) mass is 225 g/mol. The Labute approximate surface area is 100 Å². The number of rotatable bonds is 0. The Bertz CT molecular complexity index is 191. The van der Waals surface area contributed by atoms with Gasteiger partial charge in [-0.3, -0.25) is 4.79 Å². The van der Waals surface area contributed by atoms with Gasteiger partial charge in [-0.25, -0.2) is 0 Å². The molecule has 0 N–H and O–H groups in total. The van der Waals surface area contributed by atoms with Gasteiger partial charge >= 0.3 is 0 Å². The third-order valence-electron chi connectivity index (χ3n) is 3.56. The first kappa shape index (κ1) is 13.5. The quantitative estimate of drug-likeness (QED) is 0.615. The molecule has 1 amide bonds. The van der Waals surface area contributed by atoms with Crippen molar-refractivity contribution in [3.05, 3.63) is 0 Å². The molecule has 1 fully saturated rings. The van der Waals surface area contributed by atoms with Crippen molar-refractivity contribution in [1.29, 1.82) is 0 Å². The Kier molecular flexibility index (Phi) is 7.28. The van der Waals surface area contributed by atoms with E-state index in [2.05, 4.69) is 0 Å². The SMILES string of the molecule is CN1CCCCCCCCCCCCC1=O. The van der Waals surface area contributed by atoms with E-state index < -0.39 is 0 Å². The van der Waals surface area contributed by atoms with Crippen LogP contribution in [0.2, 0.25) is 0 Å². The average Bonchev–Trinajstić information content (AvgIpc) is 2.29. The molecule has 1 heterocycles. The lowest BCUT2D eigenvalue weighted by atomic mass is 10.0. The van der Waals surface area contributed by atoms with Crippen LogP contribution in [-0.2, 0) is 4.79 Å². The van der Waals surface area contributed by atoms with Crippen molar-refractivity contribution in [3.8, 4) is 0 Å². The summed E-state index contributed by atoms with van der Waals surface area (Å²) in [5, 5.41) is 0. The van der Waals surface area contributed by atoms with Gasteiger partial charge in [0.25, 0.3) is 0 Å². The van der Waals surface area contributed by atoms with Gasteiger partial charge in [0.2, 0.25) is 5.91 Å². The summed E-state index contributed by atoms with van der Waals surface area (Å²) in [6.45, 7) is 0.957. The molecule has 0 radical (unpaired) electrons. The summed E-state index contributed by atoms with van der Waals surface area (Å²) in [6, 6.07) is 0. The van der Waals surface area contributed by atoms with E-state index in [1.54, 1.807) is 0 Å². The van der Waals surface area contributed by atoms with Gasteiger partial charge in [-0.05, 0) is 12.8 Å². The normalized spacial score (nSPS) is 22.8. The summed E-state index contributed by atoms with van der Waals surface area (Å²) in [7, 11) is 1.95. The first-order valence-electron chi connectivity index (χ1n) is 7.04. The molecule has 0 aromatic carbocycles. The molecule has 0 unspecified atom stereocenters. The van der Waals surface area contributed by atoms with Crippen LogP contribution in [0.15, 0.2) is 0 Å². The predicted molar refractivity (Wildman–Crippen MR) is 68.4 cm³/mol. The van der Waals surface area contributed by atoms with Gasteiger partial charge in [0, 0.05) is 20.0 Å². The van der Waals surface area contributed by atoms with E-state index in [9.17, 15) is 4.79 Å². The smallest absolute Gasteiger partial charge is 0.222 e. The van der Waals surface area contributed by atoms with Gasteiger partial charge in [0.05, 0.1) is 0 Å². The first-order chi connectivity index (χ1) is 7.80. The molecule has 1 rings (SSSR count). The highest BCUT2D eigenvalue weighted by Gasteiger charge is 2.07. The third-order valence-corrected chi connectivity index (χ3v) is 3.56. The van der Waals surface area contributed by atoms with Crippen LogP contribution >= 0.6 is 0 Å². The van der Waals surface area contributed by atoms with Gasteiger partial charge in [-0.1, -0.05) is 51.4 Å². The van der Waals surface area contributed by atoms with Crippen molar-refractivity contribution in [2.75, 3.05) is 13.6 Å². The van der Waals surface area contributed by atoms with Gasteiger partial charge in [-0.2, -0.15) is 0 Å². The summed E-state index contributed by atoms with van der Waals surface area (Å²) in [4.78, 5) is 13.6. The zero-order valence-electron chi connectivity index (χ0n) is 10.8. The van der Waals surface area contributed by atoms with Crippen molar-refractivity contribution >= 4 is 5.91 Å². The molecule has 1 aliphatic heterocycles. The highest BCUT2D eigenvalue weighted by molar-refractivity contribution is 5.75. The van der Waals surface area contributed by atoms with E-state index in [1.807, 2.05) is 11.9 Å². The maximum atomic E-state index is 11.7. The molecular weight excluding hydrogens is 198 g/mol. The minimum Gasteiger partial charge on any atom is -0.346 e. The molecule has 0 bridgehead atoms. The fourth-order valence-corrected chi connectivity index (χ4v) is 2.35. The average molecular weight is 225 g/mol. The molecule has 0 aromatic heterocycles. The van der Waals surface area contributed by atoms with Crippen molar-refractivity contribution in [2.45, 2.75) is 70.6 Å². The van der Waals surface area contributed by atoms with E-state index in [0.29, 0.717) is 5.91 Å². The van der Waals surface area contributed by atoms with E-state index in [0.717, 1.165) is 19.4 Å². The molecule has 0 aromatic rings. The van der Waals surface area contributed by atoms with Crippen molar-refractivity contribution < 1.29 is 4.79 Å². The highest BCUT2D eigenvalue weighted by atomic mass is 16.2. The molecule has 0 saturated carbocycles. The van der Waals surface area contributed by atoms with Crippen LogP contribution in [0.1, 0.15) is 70.6 Å². The Morgan fingerprint density at radius 3 is 1.75 bits per heavy atom. The number of carbonyl (C=O) groups excluding carboxylic acids is 1. The predicted octanol–water partition coefficient (Wildman–Crippen LogP) is 3.75. The van der Waals surface area contributed by atoms with E-state index in [1.165, 1.54) is 57.8 Å². The molecule has 16 heavy (non-hydrogen) atoms. The molecule has 1 aliphatic rings. The van der Waals surface area contributed by atoms with Gasteiger partial charge in [-0.15, -0.1) is 0 Å². The Morgan fingerprint density at radius 1 is 0.750 bits per heavy atom. The highest BCUT2D eigenvalue weighted by Crippen LogP contribution is 2.13. The van der Waals surface area contributed by atoms with E-state index >= 15 is 0 Å². The zero-order chi connectivity index (χ0) is 11.6. The fourth-order valence-electron chi connectivity index (χ4n) is 2.35. The van der Waals surface area contributed by atoms with Crippen LogP contribution in [0.4, 0.5) is 0 Å². The lowest BCUT2D eigenvalue weighted by molar-refractivity contribution is -0.130. The van der Waals surface area contributed by atoms with E-state index in [-0.39, 0.29) is 0 Å². The number of nitrogens with zero attached hydrogens (tertiary/aromatic N) is 1. The van der Waals surface area contributed by atoms with Crippen LogP contribution < -0.4 is 0 Å². The van der Waals surface area contributed by atoms with E-state index in [4.69, 9.17) is 0 Å². The lowest BCUT2D eigenvalue weighted by Crippen LogP contribution is -2.27. The molecule has 0 spiro atoms. The maximum Gasteiger partial charge on any atom is 0.222 e. The Morgan fingerprint density at radius 2 is 1.19 bits per heavy atom. The van der Waals surface area contributed by atoms with Gasteiger partial charge in [0.15, 0.2) is 0 Å². The number of amides is 1. The minimum atomic E-state index is 0.344. The summed E-state index contributed by atoms with van der Waals surface area (Å²) >= 11 is 0. The zero-order valence-corrected chi connectivity index (χ0v) is 10.8. The summed E-state index contributed by atoms with van der Waals surface area (Å²) in [5.74, 6) is 0.344. The first-order valence-corrected chi connectivity index (χ1v) is 7.04. The maximum absolute atomic E-state index is 11.7. The van der Waals surface area contributed by atoms with Crippen LogP contribution in [-0.4, -0.2) is 24.4 Å². The van der Waals surface area contributed by atoms with Crippen molar-refractivity contribution in [3.63, 3.8) is 0 Å². The van der Waals surface area contributed by atoms with Gasteiger partial charge < -0.3 is 4.90 Å². The largest absolute Gasteiger partial charge is 0.346 e. The van der Waals surface area contributed by atoms with Crippen LogP contribution in [0.25, 0.3) is 0 Å². The van der Waals surface area contributed by atoms with Crippen LogP contribution in [0.5, 0.6) is 0 Å². The second kappa shape index (κ2) is 8.60. The molecule has 2 heteroatoms.